The number of nitrogen functional groups attached to an aromatic ring is 1. The molecule has 2 aromatic rings. The zero-order chi connectivity index (χ0) is 13.3. The average molecular weight is 249 g/mol. The second-order valence-electron chi connectivity index (χ2n) is 4.13. The zero-order valence-corrected chi connectivity index (χ0v) is 9.82. The van der Waals surface area contributed by atoms with Crippen molar-refractivity contribution in [2.45, 2.75) is 13.0 Å². The molecule has 1 heterocycles. The molecule has 0 amide bonds. The number of aromatic nitrogens is 1. The molecule has 1 unspecified atom stereocenters. The van der Waals surface area contributed by atoms with Gasteiger partial charge in [-0.1, -0.05) is 6.07 Å². The van der Waals surface area contributed by atoms with E-state index in [0.29, 0.717) is 5.56 Å². The summed E-state index contributed by atoms with van der Waals surface area (Å²) in [4.78, 5) is 3.97. The van der Waals surface area contributed by atoms with Gasteiger partial charge in [0.2, 0.25) is 0 Å². The van der Waals surface area contributed by atoms with Crippen molar-refractivity contribution in [3.63, 3.8) is 0 Å². The molecule has 0 spiro atoms. The van der Waals surface area contributed by atoms with Crippen LogP contribution in [0.3, 0.4) is 0 Å². The van der Waals surface area contributed by atoms with Crippen LogP contribution in [0.4, 0.5) is 14.6 Å². The Balaban J connectivity index is 2.47. The van der Waals surface area contributed by atoms with Crippen LogP contribution in [0.25, 0.3) is 0 Å². The van der Waals surface area contributed by atoms with Gasteiger partial charge in [0.05, 0.1) is 6.04 Å². The van der Waals surface area contributed by atoms with Crippen molar-refractivity contribution >= 4 is 5.82 Å². The molecule has 0 saturated heterocycles. The van der Waals surface area contributed by atoms with E-state index in [1.54, 1.807) is 12.3 Å². The van der Waals surface area contributed by atoms with Gasteiger partial charge in [0, 0.05) is 23.4 Å². The third kappa shape index (κ3) is 2.31. The lowest BCUT2D eigenvalue weighted by Gasteiger charge is -2.15. The van der Waals surface area contributed by atoms with Crippen LogP contribution >= 0.6 is 0 Å². The van der Waals surface area contributed by atoms with E-state index in [0.717, 1.165) is 17.7 Å². The van der Waals surface area contributed by atoms with Gasteiger partial charge in [0.1, 0.15) is 17.5 Å². The van der Waals surface area contributed by atoms with Crippen LogP contribution in [-0.4, -0.2) is 4.98 Å². The lowest BCUT2D eigenvalue weighted by molar-refractivity contribution is 0.566. The monoisotopic (exact) mass is 249 g/mol. The number of hydrogen-bond acceptors (Lipinski definition) is 3. The lowest BCUT2D eigenvalue weighted by Crippen LogP contribution is -2.16. The standard InChI is InChI=1S/C13H13F2N3/c1-7-4-10(13(17)18-6-7)12(16)9-3-2-8(14)5-11(9)15/h2-6,12H,16H2,1H3,(H2,17,18). The molecule has 5 heteroatoms. The summed E-state index contributed by atoms with van der Waals surface area (Å²) >= 11 is 0. The number of halogens is 2. The third-order valence-electron chi connectivity index (χ3n) is 2.72. The van der Waals surface area contributed by atoms with Crippen LogP contribution in [0, 0.1) is 18.6 Å². The van der Waals surface area contributed by atoms with Gasteiger partial charge in [-0.05, 0) is 24.6 Å². The van der Waals surface area contributed by atoms with Crippen LogP contribution < -0.4 is 11.5 Å². The molecule has 0 aliphatic carbocycles. The molecule has 94 valence electrons. The van der Waals surface area contributed by atoms with Crippen LogP contribution in [0.2, 0.25) is 0 Å². The predicted octanol–water partition coefficient (Wildman–Crippen LogP) is 2.30. The molecular formula is C13H13F2N3. The molecule has 4 N–H and O–H groups in total. The van der Waals surface area contributed by atoms with E-state index in [2.05, 4.69) is 4.98 Å². The Morgan fingerprint density at radius 1 is 1.17 bits per heavy atom. The predicted molar refractivity (Wildman–Crippen MR) is 65.8 cm³/mol. The minimum absolute atomic E-state index is 0.190. The van der Waals surface area contributed by atoms with Gasteiger partial charge in [-0.2, -0.15) is 0 Å². The first kappa shape index (κ1) is 12.4. The summed E-state index contributed by atoms with van der Waals surface area (Å²) in [6.07, 6.45) is 1.60. The van der Waals surface area contributed by atoms with Gasteiger partial charge < -0.3 is 11.5 Å². The van der Waals surface area contributed by atoms with Crippen LogP contribution in [0.15, 0.2) is 30.5 Å². The number of hydrogen-bond donors (Lipinski definition) is 2. The molecule has 18 heavy (non-hydrogen) atoms. The van der Waals surface area contributed by atoms with Crippen molar-refractivity contribution in [2.24, 2.45) is 5.73 Å². The molecular weight excluding hydrogens is 236 g/mol. The topological polar surface area (TPSA) is 64.9 Å². The fourth-order valence-corrected chi connectivity index (χ4v) is 1.77. The largest absolute Gasteiger partial charge is 0.383 e. The summed E-state index contributed by atoms with van der Waals surface area (Å²) in [5.74, 6) is -1.08. The number of pyridine rings is 1. The number of anilines is 1. The molecule has 1 aromatic carbocycles. The lowest BCUT2D eigenvalue weighted by atomic mass is 9.98. The molecule has 1 aromatic heterocycles. The van der Waals surface area contributed by atoms with Crippen LogP contribution in [0.1, 0.15) is 22.7 Å². The van der Waals surface area contributed by atoms with Crippen molar-refractivity contribution in [2.75, 3.05) is 5.73 Å². The van der Waals surface area contributed by atoms with Gasteiger partial charge >= 0.3 is 0 Å². The minimum atomic E-state index is -0.766. The first-order valence-corrected chi connectivity index (χ1v) is 5.41. The molecule has 1 atom stereocenters. The van der Waals surface area contributed by atoms with E-state index in [1.165, 1.54) is 6.07 Å². The molecule has 2 rings (SSSR count). The number of rotatable bonds is 2. The molecule has 0 bridgehead atoms. The van der Waals surface area contributed by atoms with Gasteiger partial charge in [0.15, 0.2) is 0 Å². The smallest absolute Gasteiger partial charge is 0.131 e. The van der Waals surface area contributed by atoms with Crippen molar-refractivity contribution in [1.82, 2.24) is 4.98 Å². The average Bonchev–Trinajstić information content (AvgIpc) is 2.31. The number of nitrogens with two attached hydrogens (primary N) is 2. The maximum absolute atomic E-state index is 13.6. The van der Waals surface area contributed by atoms with Crippen LogP contribution in [-0.2, 0) is 0 Å². The van der Waals surface area contributed by atoms with Crippen molar-refractivity contribution in [3.05, 3.63) is 58.8 Å². The summed E-state index contributed by atoms with van der Waals surface area (Å²) in [6, 6.07) is 4.26. The zero-order valence-electron chi connectivity index (χ0n) is 9.82. The van der Waals surface area contributed by atoms with Crippen molar-refractivity contribution in [3.8, 4) is 0 Å². The number of benzene rings is 1. The Bertz CT molecular complexity index is 584. The molecule has 0 aliphatic rings. The highest BCUT2D eigenvalue weighted by molar-refractivity contribution is 5.47. The Kier molecular flexibility index (Phi) is 3.25. The first-order chi connectivity index (χ1) is 8.49. The summed E-state index contributed by atoms with van der Waals surface area (Å²) in [5, 5.41) is 0. The Morgan fingerprint density at radius 2 is 1.89 bits per heavy atom. The fourth-order valence-electron chi connectivity index (χ4n) is 1.77. The summed E-state index contributed by atoms with van der Waals surface area (Å²) in [5.41, 5.74) is 13.3. The molecule has 3 nitrogen and oxygen atoms in total. The molecule has 0 fully saturated rings. The van der Waals surface area contributed by atoms with E-state index in [4.69, 9.17) is 11.5 Å². The Morgan fingerprint density at radius 3 is 2.56 bits per heavy atom. The maximum atomic E-state index is 13.6. The van der Waals surface area contributed by atoms with Gasteiger partial charge in [0.25, 0.3) is 0 Å². The highest BCUT2D eigenvalue weighted by Crippen LogP contribution is 2.26. The molecule has 0 saturated carbocycles. The summed E-state index contributed by atoms with van der Waals surface area (Å²) < 4.78 is 26.5. The van der Waals surface area contributed by atoms with E-state index in [9.17, 15) is 8.78 Å². The van der Waals surface area contributed by atoms with E-state index in [1.807, 2.05) is 6.92 Å². The molecule has 0 aliphatic heterocycles. The second kappa shape index (κ2) is 4.70. The van der Waals surface area contributed by atoms with E-state index < -0.39 is 17.7 Å². The fraction of sp³-hybridized carbons (Fsp3) is 0.154. The molecule has 0 radical (unpaired) electrons. The summed E-state index contributed by atoms with van der Waals surface area (Å²) in [7, 11) is 0. The van der Waals surface area contributed by atoms with Crippen molar-refractivity contribution < 1.29 is 8.78 Å². The van der Waals surface area contributed by atoms with Gasteiger partial charge in [-0.15, -0.1) is 0 Å². The normalized spacial score (nSPS) is 12.4. The SMILES string of the molecule is Cc1cnc(N)c(C(N)c2ccc(F)cc2F)c1. The van der Waals surface area contributed by atoms with Crippen molar-refractivity contribution in [1.29, 1.82) is 0 Å². The first-order valence-electron chi connectivity index (χ1n) is 5.41. The maximum Gasteiger partial charge on any atom is 0.131 e. The van der Waals surface area contributed by atoms with Crippen LogP contribution in [0.5, 0.6) is 0 Å². The highest BCUT2D eigenvalue weighted by Gasteiger charge is 2.17. The Hall–Kier alpha value is -2.01. The van der Waals surface area contributed by atoms with E-state index >= 15 is 0 Å². The summed E-state index contributed by atoms with van der Waals surface area (Å²) in [6.45, 7) is 1.84. The number of nitrogens with zero attached hydrogens (tertiary/aromatic N) is 1. The van der Waals surface area contributed by atoms with Gasteiger partial charge in [-0.3, -0.25) is 0 Å². The Labute approximate surface area is 103 Å². The number of aryl methyl sites for hydroxylation is 1. The quantitative estimate of drug-likeness (QED) is 0.858. The highest BCUT2D eigenvalue weighted by atomic mass is 19.1. The van der Waals surface area contributed by atoms with Gasteiger partial charge in [-0.25, -0.2) is 13.8 Å². The minimum Gasteiger partial charge on any atom is -0.383 e. The second-order valence-corrected chi connectivity index (χ2v) is 4.13. The third-order valence-corrected chi connectivity index (χ3v) is 2.72. The van der Waals surface area contributed by atoms with E-state index in [-0.39, 0.29) is 11.4 Å².